The molecular formula is C22H26O4. The van der Waals surface area contributed by atoms with E-state index in [1.54, 1.807) is 7.11 Å². The molecule has 1 heterocycles. The SMILES string of the molecule is COc1ccc(C2CC(O)(c3ccc(OC4CCCCO4)cc3)C2)cc1. The molecule has 4 heteroatoms. The monoisotopic (exact) mass is 354 g/mol. The molecule has 26 heavy (non-hydrogen) atoms. The van der Waals surface area contributed by atoms with Crippen molar-refractivity contribution in [1.29, 1.82) is 0 Å². The van der Waals surface area contributed by atoms with Crippen molar-refractivity contribution in [2.24, 2.45) is 0 Å². The summed E-state index contributed by atoms with van der Waals surface area (Å²) in [6.07, 6.45) is 4.54. The van der Waals surface area contributed by atoms with Gasteiger partial charge in [0.2, 0.25) is 0 Å². The van der Waals surface area contributed by atoms with Crippen molar-refractivity contribution in [1.82, 2.24) is 0 Å². The predicted molar refractivity (Wildman–Crippen MR) is 99.5 cm³/mol. The van der Waals surface area contributed by atoms with Crippen molar-refractivity contribution in [3.05, 3.63) is 59.7 Å². The third-order valence-corrected chi connectivity index (χ3v) is 5.55. The second-order valence-corrected chi connectivity index (χ2v) is 7.35. The number of rotatable bonds is 5. The summed E-state index contributed by atoms with van der Waals surface area (Å²) in [4.78, 5) is 0. The van der Waals surface area contributed by atoms with E-state index in [1.807, 2.05) is 36.4 Å². The number of aliphatic hydroxyl groups is 1. The van der Waals surface area contributed by atoms with Crippen LogP contribution in [-0.2, 0) is 10.3 Å². The fourth-order valence-corrected chi connectivity index (χ4v) is 3.90. The maximum Gasteiger partial charge on any atom is 0.199 e. The maximum atomic E-state index is 10.9. The van der Waals surface area contributed by atoms with Gasteiger partial charge in [0.1, 0.15) is 11.5 Å². The van der Waals surface area contributed by atoms with Gasteiger partial charge >= 0.3 is 0 Å². The van der Waals surface area contributed by atoms with E-state index in [4.69, 9.17) is 14.2 Å². The van der Waals surface area contributed by atoms with Crippen molar-refractivity contribution in [3.63, 3.8) is 0 Å². The highest BCUT2D eigenvalue weighted by Gasteiger charge is 2.44. The fraction of sp³-hybridized carbons (Fsp3) is 0.455. The van der Waals surface area contributed by atoms with E-state index in [0.29, 0.717) is 5.92 Å². The Morgan fingerprint density at radius 1 is 0.962 bits per heavy atom. The molecule has 1 atom stereocenters. The van der Waals surface area contributed by atoms with E-state index in [1.165, 1.54) is 5.56 Å². The van der Waals surface area contributed by atoms with Gasteiger partial charge in [0.05, 0.1) is 19.3 Å². The largest absolute Gasteiger partial charge is 0.497 e. The van der Waals surface area contributed by atoms with E-state index >= 15 is 0 Å². The van der Waals surface area contributed by atoms with Gasteiger partial charge in [-0.25, -0.2) is 0 Å². The zero-order valence-corrected chi connectivity index (χ0v) is 15.2. The summed E-state index contributed by atoms with van der Waals surface area (Å²) in [5.74, 6) is 2.05. The summed E-state index contributed by atoms with van der Waals surface area (Å²) < 4.78 is 16.7. The molecule has 1 aliphatic carbocycles. The Kier molecular flexibility index (Phi) is 4.88. The number of hydrogen-bond acceptors (Lipinski definition) is 4. The van der Waals surface area contributed by atoms with Crippen LogP contribution < -0.4 is 9.47 Å². The standard InChI is InChI=1S/C22H26O4/c1-24-19-9-5-16(6-10-19)17-14-22(23,15-17)18-7-11-20(12-8-18)26-21-4-2-3-13-25-21/h5-12,17,21,23H,2-4,13-15H2,1H3. The minimum absolute atomic E-state index is 0.138. The summed E-state index contributed by atoms with van der Waals surface area (Å²) in [5, 5.41) is 10.9. The molecule has 0 spiro atoms. The van der Waals surface area contributed by atoms with Crippen molar-refractivity contribution in [2.45, 2.75) is 49.9 Å². The Bertz CT molecular complexity index is 711. The molecule has 2 aromatic carbocycles. The molecule has 0 radical (unpaired) electrons. The molecule has 4 rings (SSSR count). The summed E-state index contributed by atoms with van der Waals surface area (Å²) in [6, 6.07) is 16.0. The molecule has 1 N–H and O–H groups in total. The van der Waals surface area contributed by atoms with Gasteiger partial charge in [-0.3, -0.25) is 0 Å². The first kappa shape index (κ1) is 17.4. The van der Waals surface area contributed by atoms with E-state index in [-0.39, 0.29) is 6.29 Å². The van der Waals surface area contributed by atoms with Crippen LogP contribution in [0.3, 0.4) is 0 Å². The van der Waals surface area contributed by atoms with Gasteiger partial charge in [0.15, 0.2) is 6.29 Å². The Morgan fingerprint density at radius 2 is 1.65 bits per heavy atom. The number of methoxy groups -OCH3 is 1. The Labute approximate surface area is 154 Å². The molecular weight excluding hydrogens is 328 g/mol. The summed E-state index contributed by atoms with van der Waals surface area (Å²) in [6.45, 7) is 0.773. The molecule has 2 aromatic rings. The van der Waals surface area contributed by atoms with Gasteiger partial charge in [-0.05, 0) is 67.0 Å². The number of benzene rings is 2. The van der Waals surface area contributed by atoms with Crippen LogP contribution in [0, 0.1) is 0 Å². The van der Waals surface area contributed by atoms with Crippen LogP contribution in [0.4, 0.5) is 0 Å². The first-order valence-corrected chi connectivity index (χ1v) is 9.41. The van der Waals surface area contributed by atoms with E-state index in [2.05, 4.69) is 12.1 Å². The van der Waals surface area contributed by atoms with Crippen LogP contribution in [-0.4, -0.2) is 25.1 Å². The van der Waals surface area contributed by atoms with Crippen LogP contribution in [0.25, 0.3) is 0 Å². The zero-order valence-electron chi connectivity index (χ0n) is 15.2. The molecule has 1 aliphatic heterocycles. The van der Waals surface area contributed by atoms with Crippen molar-refractivity contribution >= 4 is 0 Å². The van der Waals surface area contributed by atoms with Crippen LogP contribution in [0.1, 0.15) is 49.1 Å². The third-order valence-electron chi connectivity index (χ3n) is 5.55. The van der Waals surface area contributed by atoms with Crippen LogP contribution in [0.2, 0.25) is 0 Å². The molecule has 2 aliphatic rings. The lowest BCUT2D eigenvalue weighted by Gasteiger charge is -2.44. The highest BCUT2D eigenvalue weighted by atomic mass is 16.7. The van der Waals surface area contributed by atoms with Crippen LogP contribution in [0.5, 0.6) is 11.5 Å². The minimum Gasteiger partial charge on any atom is -0.497 e. The molecule has 1 unspecified atom stereocenters. The molecule has 0 amide bonds. The van der Waals surface area contributed by atoms with Gasteiger partial charge < -0.3 is 19.3 Å². The molecule has 1 saturated heterocycles. The lowest BCUT2D eigenvalue weighted by Crippen LogP contribution is -2.39. The van der Waals surface area contributed by atoms with Crippen molar-refractivity contribution in [3.8, 4) is 11.5 Å². The fourth-order valence-electron chi connectivity index (χ4n) is 3.90. The topological polar surface area (TPSA) is 47.9 Å². The highest BCUT2D eigenvalue weighted by Crippen LogP contribution is 2.51. The average Bonchev–Trinajstić information content (AvgIpc) is 2.67. The smallest absolute Gasteiger partial charge is 0.199 e. The van der Waals surface area contributed by atoms with Crippen LogP contribution in [0.15, 0.2) is 48.5 Å². The van der Waals surface area contributed by atoms with Gasteiger partial charge in [0, 0.05) is 6.42 Å². The Hall–Kier alpha value is -2.04. The lowest BCUT2D eigenvalue weighted by molar-refractivity contribution is -0.105. The summed E-state index contributed by atoms with van der Waals surface area (Å²) in [5.41, 5.74) is 1.47. The van der Waals surface area contributed by atoms with E-state index in [9.17, 15) is 5.11 Å². The summed E-state index contributed by atoms with van der Waals surface area (Å²) >= 11 is 0. The predicted octanol–water partition coefficient (Wildman–Crippen LogP) is 4.37. The Balaban J connectivity index is 1.36. The first-order chi connectivity index (χ1) is 12.7. The lowest BCUT2D eigenvalue weighted by atomic mass is 9.65. The van der Waals surface area contributed by atoms with Crippen LogP contribution >= 0.6 is 0 Å². The molecule has 2 fully saturated rings. The highest BCUT2D eigenvalue weighted by molar-refractivity contribution is 5.37. The molecule has 0 bridgehead atoms. The normalized spacial score (nSPS) is 28.2. The third kappa shape index (κ3) is 3.57. The average molecular weight is 354 g/mol. The number of ether oxygens (including phenoxy) is 3. The molecule has 0 aromatic heterocycles. The van der Waals surface area contributed by atoms with Crippen molar-refractivity contribution < 1.29 is 19.3 Å². The first-order valence-electron chi connectivity index (χ1n) is 9.41. The molecule has 1 saturated carbocycles. The Morgan fingerprint density at radius 3 is 2.27 bits per heavy atom. The molecule has 138 valence electrons. The number of hydrogen-bond donors (Lipinski definition) is 1. The molecule has 4 nitrogen and oxygen atoms in total. The van der Waals surface area contributed by atoms with Gasteiger partial charge in [-0.1, -0.05) is 24.3 Å². The van der Waals surface area contributed by atoms with E-state index < -0.39 is 5.60 Å². The minimum atomic E-state index is -0.746. The second kappa shape index (κ2) is 7.29. The second-order valence-electron chi connectivity index (χ2n) is 7.35. The van der Waals surface area contributed by atoms with Gasteiger partial charge in [0.25, 0.3) is 0 Å². The van der Waals surface area contributed by atoms with E-state index in [0.717, 1.165) is 55.8 Å². The van der Waals surface area contributed by atoms with Gasteiger partial charge in [-0.2, -0.15) is 0 Å². The van der Waals surface area contributed by atoms with Crippen molar-refractivity contribution in [2.75, 3.05) is 13.7 Å². The quantitative estimate of drug-likeness (QED) is 0.866. The van der Waals surface area contributed by atoms with Gasteiger partial charge in [-0.15, -0.1) is 0 Å². The zero-order chi connectivity index (χ0) is 18.0. The summed E-state index contributed by atoms with van der Waals surface area (Å²) in [7, 11) is 1.67. The maximum absolute atomic E-state index is 10.9.